The van der Waals surface area contributed by atoms with Crippen molar-refractivity contribution >= 4 is 17.7 Å². The molecule has 3 heterocycles. The van der Waals surface area contributed by atoms with Crippen molar-refractivity contribution in [3.8, 4) is 11.6 Å². The van der Waals surface area contributed by atoms with Crippen LogP contribution in [0, 0.1) is 0 Å². The van der Waals surface area contributed by atoms with Crippen molar-refractivity contribution in [2.45, 2.75) is 24.4 Å². The lowest BCUT2D eigenvalue weighted by atomic mass is 10.2. The molecule has 0 aliphatic rings. The standard InChI is InChI=1S/C21H19N3O4S/c1-2-26-20(25)16-10-12-28-18(16)14-29-21-23-22-19(17-9-6-11-27-17)24(21)13-15-7-4-3-5-8-15/h3-12H,2,13-14H2,1H3. The van der Waals surface area contributed by atoms with Gasteiger partial charge in [0, 0.05) is 0 Å². The van der Waals surface area contributed by atoms with Crippen molar-refractivity contribution in [3.05, 3.63) is 77.9 Å². The Morgan fingerprint density at radius 3 is 2.69 bits per heavy atom. The Labute approximate surface area is 171 Å². The van der Waals surface area contributed by atoms with Crippen LogP contribution in [0.4, 0.5) is 0 Å². The summed E-state index contributed by atoms with van der Waals surface area (Å²) in [6, 6.07) is 15.4. The van der Waals surface area contributed by atoms with Crippen molar-refractivity contribution in [3.63, 3.8) is 0 Å². The lowest BCUT2D eigenvalue weighted by Gasteiger charge is -2.09. The van der Waals surface area contributed by atoms with Crippen LogP contribution in [0.3, 0.4) is 0 Å². The maximum absolute atomic E-state index is 12.1. The molecule has 1 aromatic carbocycles. The van der Waals surface area contributed by atoms with Gasteiger partial charge in [0.15, 0.2) is 10.9 Å². The van der Waals surface area contributed by atoms with Gasteiger partial charge in [-0.2, -0.15) is 0 Å². The predicted molar refractivity (Wildman–Crippen MR) is 107 cm³/mol. The first-order valence-corrected chi connectivity index (χ1v) is 10.1. The van der Waals surface area contributed by atoms with Gasteiger partial charge in [-0.3, -0.25) is 4.57 Å². The molecule has 4 rings (SSSR count). The number of esters is 1. The van der Waals surface area contributed by atoms with Gasteiger partial charge in [0.05, 0.1) is 31.4 Å². The average molecular weight is 409 g/mol. The van der Waals surface area contributed by atoms with E-state index in [9.17, 15) is 4.79 Å². The molecule has 0 aliphatic carbocycles. The molecule has 8 heteroatoms. The van der Waals surface area contributed by atoms with E-state index >= 15 is 0 Å². The molecule has 0 saturated heterocycles. The number of benzene rings is 1. The van der Waals surface area contributed by atoms with Gasteiger partial charge >= 0.3 is 5.97 Å². The summed E-state index contributed by atoms with van der Waals surface area (Å²) < 4.78 is 18.1. The minimum atomic E-state index is -0.390. The molecule has 0 atom stereocenters. The van der Waals surface area contributed by atoms with E-state index in [1.165, 1.54) is 18.0 Å². The third-order valence-corrected chi connectivity index (χ3v) is 5.18. The zero-order valence-electron chi connectivity index (χ0n) is 15.8. The summed E-state index contributed by atoms with van der Waals surface area (Å²) in [7, 11) is 0. The lowest BCUT2D eigenvalue weighted by Crippen LogP contribution is -2.06. The summed E-state index contributed by atoms with van der Waals surface area (Å²) in [5, 5.41) is 9.35. The van der Waals surface area contributed by atoms with Gasteiger partial charge in [-0.05, 0) is 30.7 Å². The highest BCUT2D eigenvalue weighted by Gasteiger charge is 2.20. The average Bonchev–Trinajstić information content (AvgIpc) is 3.48. The Bertz CT molecular complexity index is 1070. The lowest BCUT2D eigenvalue weighted by molar-refractivity contribution is 0.0524. The summed E-state index contributed by atoms with van der Waals surface area (Å²) in [6.45, 7) is 2.68. The molecule has 0 saturated carbocycles. The summed E-state index contributed by atoms with van der Waals surface area (Å²) in [6.07, 6.45) is 3.10. The number of aromatic nitrogens is 3. The molecule has 0 spiro atoms. The number of rotatable bonds is 8. The van der Waals surface area contributed by atoms with Crippen molar-refractivity contribution in [2.75, 3.05) is 6.61 Å². The van der Waals surface area contributed by atoms with Crippen molar-refractivity contribution in [1.29, 1.82) is 0 Å². The third kappa shape index (κ3) is 4.27. The van der Waals surface area contributed by atoms with Crippen molar-refractivity contribution < 1.29 is 18.4 Å². The van der Waals surface area contributed by atoms with Crippen molar-refractivity contribution in [1.82, 2.24) is 14.8 Å². The number of hydrogen-bond donors (Lipinski definition) is 0. The first-order chi connectivity index (χ1) is 14.3. The van der Waals surface area contributed by atoms with Gasteiger partial charge in [-0.15, -0.1) is 10.2 Å². The second-order valence-electron chi connectivity index (χ2n) is 6.12. The molecule has 0 unspecified atom stereocenters. The number of ether oxygens (including phenoxy) is 1. The fourth-order valence-corrected chi connectivity index (χ4v) is 3.75. The van der Waals surface area contributed by atoms with Crippen LogP contribution in [0.5, 0.6) is 0 Å². The highest BCUT2D eigenvalue weighted by atomic mass is 32.2. The maximum Gasteiger partial charge on any atom is 0.341 e. The first kappa shape index (κ1) is 19.1. The molecule has 29 heavy (non-hydrogen) atoms. The second-order valence-corrected chi connectivity index (χ2v) is 7.06. The van der Waals surface area contributed by atoms with Crippen molar-refractivity contribution in [2.24, 2.45) is 0 Å². The Balaban J connectivity index is 1.59. The van der Waals surface area contributed by atoms with Gasteiger partial charge in [-0.25, -0.2) is 4.79 Å². The van der Waals surface area contributed by atoms with Crippen LogP contribution in [-0.4, -0.2) is 27.3 Å². The third-order valence-electron chi connectivity index (χ3n) is 4.22. The van der Waals surface area contributed by atoms with Crippen LogP contribution in [0.15, 0.2) is 75.0 Å². The first-order valence-electron chi connectivity index (χ1n) is 9.13. The number of furan rings is 2. The Morgan fingerprint density at radius 1 is 1.07 bits per heavy atom. The molecule has 0 fully saturated rings. The Kier molecular flexibility index (Phi) is 5.81. The number of carbonyl (C=O) groups excluding carboxylic acids is 1. The van der Waals surface area contributed by atoms with E-state index in [0.717, 1.165) is 5.56 Å². The Morgan fingerprint density at radius 2 is 1.93 bits per heavy atom. The van der Waals surface area contributed by atoms with E-state index in [-0.39, 0.29) is 5.97 Å². The van der Waals surface area contributed by atoms with Gasteiger partial charge in [0.2, 0.25) is 5.82 Å². The highest BCUT2D eigenvalue weighted by Crippen LogP contribution is 2.29. The molecule has 3 aromatic heterocycles. The fourth-order valence-electron chi connectivity index (χ4n) is 2.87. The number of nitrogens with zero attached hydrogens (tertiary/aromatic N) is 3. The highest BCUT2D eigenvalue weighted by molar-refractivity contribution is 7.98. The monoisotopic (exact) mass is 409 g/mol. The number of thioether (sulfide) groups is 1. The van der Waals surface area contributed by atoms with Crippen LogP contribution in [-0.2, 0) is 17.0 Å². The topological polar surface area (TPSA) is 83.3 Å². The van der Waals surface area contributed by atoms with Crippen LogP contribution < -0.4 is 0 Å². The molecule has 0 amide bonds. The van der Waals surface area contributed by atoms with E-state index in [1.54, 1.807) is 19.3 Å². The SMILES string of the molecule is CCOC(=O)c1ccoc1CSc1nnc(-c2ccco2)n1Cc1ccccc1. The van der Waals surface area contributed by atoms with Crippen LogP contribution in [0.2, 0.25) is 0 Å². The van der Waals surface area contributed by atoms with Gasteiger partial charge < -0.3 is 13.6 Å². The van der Waals surface area contributed by atoms with E-state index in [1.807, 2.05) is 47.0 Å². The van der Waals surface area contributed by atoms with Gasteiger partial charge in [0.1, 0.15) is 11.3 Å². The second kappa shape index (κ2) is 8.83. The maximum atomic E-state index is 12.1. The zero-order chi connectivity index (χ0) is 20.1. The molecule has 0 bridgehead atoms. The largest absolute Gasteiger partial charge is 0.468 e. The molecule has 0 aliphatic heterocycles. The molecule has 148 valence electrons. The normalized spacial score (nSPS) is 10.9. The van der Waals surface area contributed by atoms with Crippen LogP contribution in [0.25, 0.3) is 11.6 Å². The minimum absolute atomic E-state index is 0.314. The van der Waals surface area contributed by atoms with E-state index in [0.29, 0.717) is 47.0 Å². The van der Waals surface area contributed by atoms with Crippen LogP contribution >= 0.6 is 11.8 Å². The smallest absolute Gasteiger partial charge is 0.341 e. The van der Waals surface area contributed by atoms with Gasteiger partial charge in [0.25, 0.3) is 0 Å². The molecule has 0 radical (unpaired) electrons. The summed E-state index contributed by atoms with van der Waals surface area (Å²) in [5.74, 6) is 1.87. The zero-order valence-corrected chi connectivity index (χ0v) is 16.6. The van der Waals surface area contributed by atoms with E-state index in [4.69, 9.17) is 13.6 Å². The molecular formula is C21H19N3O4S. The molecular weight excluding hydrogens is 390 g/mol. The fraction of sp³-hybridized carbons (Fsp3) is 0.190. The quantitative estimate of drug-likeness (QED) is 0.309. The van der Waals surface area contributed by atoms with E-state index < -0.39 is 0 Å². The number of hydrogen-bond acceptors (Lipinski definition) is 7. The van der Waals surface area contributed by atoms with Gasteiger partial charge in [-0.1, -0.05) is 42.1 Å². The summed E-state index contributed by atoms with van der Waals surface area (Å²) in [4.78, 5) is 12.1. The number of carbonyl (C=O) groups is 1. The minimum Gasteiger partial charge on any atom is -0.468 e. The molecule has 4 aromatic rings. The summed E-state index contributed by atoms with van der Waals surface area (Å²) >= 11 is 1.44. The predicted octanol–water partition coefficient (Wildman–Crippen LogP) is 4.65. The summed E-state index contributed by atoms with van der Waals surface area (Å²) in [5.41, 5.74) is 1.55. The molecule has 0 N–H and O–H groups in total. The Hall–Kier alpha value is -3.26. The van der Waals surface area contributed by atoms with Crippen LogP contribution in [0.1, 0.15) is 28.6 Å². The molecule has 7 nitrogen and oxygen atoms in total. The van der Waals surface area contributed by atoms with E-state index in [2.05, 4.69) is 10.2 Å².